The molecule has 0 saturated heterocycles. The van der Waals surface area contributed by atoms with Gasteiger partial charge in [-0.25, -0.2) is 9.37 Å². The summed E-state index contributed by atoms with van der Waals surface area (Å²) in [4.78, 5) is 7.04. The molecule has 1 heterocycles. The van der Waals surface area contributed by atoms with Crippen molar-refractivity contribution in [3.8, 4) is 17.0 Å². The second-order valence-electron chi connectivity index (χ2n) is 4.40. The normalized spacial score (nSPS) is 10.4. The lowest BCUT2D eigenvalue weighted by Crippen LogP contribution is -1.95. The number of hydrogen-bond acceptors (Lipinski definition) is 2. The Labute approximate surface area is 116 Å². The standard InChI is InChI=1S/C16H13FN2O/c17-14-5-1-12(2-6-14)10-20-15-7-3-13(4-8-15)16-9-18-11-19-16/h1-9,11H,10H2,(H,18,19). The maximum atomic E-state index is 12.8. The Bertz CT molecular complexity index is 661. The molecule has 0 atom stereocenters. The second-order valence-corrected chi connectivity index (χ2v) is 4.40. The fraction of sp³-hybridized carbons (Fsp3) is 0.0625. The first kappa shape index (κ1) is 12.4. The van der Waals surface area contributed by atoms with E-state index in [0.29, 0.717) is 6.61 Å². The van der Waals surface area contributed by atoms with Crippen molar-refractivity contribution in [2.24, 2.45) is 0 Å². The molecule has 0 amide bonds. The van der Waals surface area contributed by atoms with E-state index in [1.165, 1.54) is 12.1 Å². The van der Waals surface area contributed by atoms with Crippen molar-refractivity contribution in [1.82, 2.24) is 9.97 Å². The lowest BCUT2D eigenvalue weighted by molar-refractivity contribution is 0.306. The molecule has 1 N–H and O–H groups in total. The first-order valence-corrected chi connectivity index (χ1v) is 6.27. The van der Waals surface area contributed by atoms with E-state index in [4.69, 9.17) is 4.74 Å². The number of aromatic nitrogens is 2. The molecule has 0 radical (unpaired) electrons. The molecule has 0 fully saturated rings. The van der Waals surface area contributed by atoms with Gasteiger partial charge in [-0.2, -0.15) is 0 Å². The molecule has 100 valence electrons. The Balaban J connectivity index is 1.65. The summed E-state index contributed by atoms with van der Waals surface area (Å²) in [6.07, 6.45) is 3.42. The summed E-state index contributed by atoms with van der Waals surface area (Å²) < 4.78 is 18.4. The number of nitrogens with one attached hydrogen (secondary N) is 1. The maximum Gasteiger partial charge on any atom is 0.123 e. The average Bonchev–Trinajstić information content (AvgIpc) is 3.01. The molecular weight excluding hydrogens is 255 g/mol. The monoisotopic (exact) mass is 268 g/mol. The smallest absolute Gasteiger partial charge is 0.123 e. The molecule has 20 heavy (non-hydrogen) atoms. The molecule has 0 saturated carbocycles. The van der Waals surface area contributed by atoms with Gasteiger partial charge in [0.25, 0.3) is 0 Å². The van der Waals surface area contributed by atoms with Gasteiger partial charge in [-0.05, 0) is 47.5 Å². The van der Waals surface area contributed by atoms with Crippen molar-refractivity contribution in [3.63, 3.8) is 0 Å². The fourth-order valence-electron chi connectivity index (χ4n) is 1.89. The molecule has 0 aliphatic heterocycles. The van der Waals surface area contributed by atoms with Gasteiger partial charge in [0.2, 0.25) is 0 Å². The van der Waals surface area contributed by atoms with Gasteiger partial charge in [0, 0.05) is 0 Å². The van der Waals surface area contributed by atoms with E-state index in [1.807, 2.05) is 24.3 Å². The molecule has 3 rings (SSSR count). The molecule has 2 aromatic carbocycles. The Kier molecular flexibility index (Phi) is 3.46. The summed E-state index contributed by atoms with van der Waals surface area (Å²) in [6.45, 7) is 0.420. The molecule has 0 aliphatic rings. The van der Waals surface area contributed by atoms with Crippen LogP contribution < -0.4 is 4.74 Å². The molecule has 1 aromatic heterocycles. The Morgan fingerprint density at radius 1 is 1.00 bits per heavy atom. The molecule has 0 spiro atoms. The number of halogens is 1. The van der Waals surface area contributed by atoms with Gasteiger partial charge in [0.15, 0.2) is 0 Å². The number of hydrogen-bond donors (Lipinski definition) is 1. The van der Waals surface area contributed by atoms with Crippen molar-refractivity contribution < 1.29 is 9.13 Å². The van der Waals surface area contributed by atoms with Crippen LogP contribution in [0.4, 0.5) is 4.39 Å². The van der Waals surface area contributed by atoms with Gasteiger partial charge in [0.05, 0.1) is 18.2 Å². The van der Waals surface area contributed by atoms with Gasteiger partial charge in [-0.15, -0.1) is 0 Å². The number of ether oxygens (including phenoxy) is 1. The Morgan fingerprint density at radius 2 is 1.75 bits per heavy atom. The number of benzene rings is 2. The average molecular weight is 268 g/mol. The first-order valence-electron chi connectivity index (χ1n) is 6.27. The van der Waals surface area contributed by atoms with Crippen LogP contribution in [0.3, 0.4) is 0 Å². The molecular formula is C16H13FN2O. The number of aromatic amines is 1. The highest BCUT2D eigenvalue weighted by atomic mass is 19.1. The van der Waals surface area contributed by atoms with Gasteiger partial charge < -0.3 is 9.72 Å². The molecule has 4 heteroatoms. The zero-order chi connectivity index (χ0) is 13.8. The quantitative estimate of drug-likeness (QED) is 0.781. The molecule has 3 aromatic rings. The summed E-state index contributed by atoms with van der Waals surface area (Å²) in [5.74, 6) is 0.537. The van der Waals surface area contributed by atoms with Crippen molar-refractivity contribution >= 4 is 0 Å². The zero-order valence-corrected chi connectivity index (χ0v) is 10.7. The predicted molar refractivity (Wildman–Crippen MR) is 74.8 cm³/mol. The minimum atomic E-state index is -0.238. The molecule has 0 aliphatic carbocycles. The van der Waals surface area contributed by atoms with Crippen LogP contribution in [-0.2, 0) is 6.61 Å². The minimum absolute atomic E-state index is 0.238. The van der Waals surface area contributed by atoms with E-state index >= 15 is 0 Å². The van der Waals surface area contributed by atoms with E-state index < -0.39 is 0 Å². The van der Waals surface area contributed by atoms with E-state index in [-0.39, 0.29) is 5.82 Å². The largest absolute Gasteiger partial charge is 0.489 e. The van der Waals surface area contributed by atoms with Crippen LogP contribution in [0.2, 0.25) is 0 Å². The van der Waals surface area contributed by atoms with E-state index in [0.717, 1.165) is 22.6 Å². The number of H-pyrrole nitrogens is 1. The van der Waals surface area contributed by atoms with Crippen LogP contribution in [0.1, 0.15) is 5.56 Å². The summed E-state index contributed by atoms with van der Waals surface area (Å²) in [5, 5.41) is 0. The van der Waals surface area contributed by atoms with E-state index in [9.17, 15) is 4.39 Å². The maximum absolute atomic E-state index is 12.8. The fourth-order valence-corrected chi connectivity index (χ4v) is 1.89. The summed E-state index contributed by atoms with van der Waals surface area (Å²) >= 11 is 0. The zero-order valence-electron chi connectivity index (χ0n) is 10.7. The van der Waals surface area contributed by atoms with Gasteiger partial charge >= 0.3 is 0 Å². The Hall–Kier alpha value is -2.62. The van der Waals surface area contributed by atoms with Crippen molar-refractivity contribution in [1.29, 1.82) is 0 Å². The minimum Gasteiger partial charge on any atom is -0.489 e. The third kappa shape index (κ3) is 2.85. The summed E-state index contributed by atoms with van der Waals surface area (Å²) in [5.41, 5.74) is 2.95. The highest BCUT2D eigenvalue weighted by molar-refractivity contribution is 5.58. The van der Waals surface area contributed by atoms with Crippen molar-refractivity contribution in [2.45, 2.75) is 6.61 Å². The van der Waals surface area contributed by atoms with Crippen LogP contribution in [0, 0.1) is 5.82 Å². The van der Waals surface area contributed by atoms with Crippen LogP contribution in [0.15, 0.2) is 61.1 Å². The van der Waals surface area contributed by atoms with E-state index in [2.05, 4.69) is 9.97 Å². The van der Waals surface area contributed by atoms with Crippen LogP contribution in [-0.4, -0.2) is 9.97 Å². The lowest BCUT2D eigenvalue weighted by atomic mass is 10.1. The molecule has 0 bridgehead atoms. The second kappa shape index (κ2) is 5.57. The highest BCUT2D eigenvalue weighted by Gasteiger charge is 2.00. The van der Waals surface area contributed by atoms with E-state index in [1.54, 1.807) is 24.7 Å². The van der Waals surface area contributed by atoms with Crippen LogP contribution in [0.5, 0.6) is 5.75 Å². The summed E-state index contributed by atoms with van der Waals surface area (Å²) in [6, 6.07) is 14.0. The number of rotatable bonds is 4. The number of nitrogens with zero attached hydrogens (tertiary/aromatic N) is 1. The molecule has 3 nitrogen and oxygen atoms in total. The first-order chi connectivity index (χ1) is 9.81. The van der Waals surface area contributed by atoms with Gasteiger partial charge in [-0.1, -0.05) is 12.1 Å². The predicted octanol–water partition coefficient (Wildman–Crippen LogP) is 3.79. The number of imidazole rings is 1. The SMILES string of the molecule is Fc1ccc(COc2ccc(-c3cnc[nH]3)cc2)cc1. The van der Waals surface area contributed by atoms with Crippen molar-refractivity contribution in [3.05, 3.63) is 72.4 Å². The third-order valence-electron chi connectivity index (χ3n) is 2.98. The van der Waals surface area contributed by atoms with Crippen LogP contribution >= 0.6 is 0 Å². The van der Waals surface area contributed by atoms with Crippen molar-refractivity contribution in [2.75, 3.05) is 0 Å². The van der Waals surface area contributed by atoms with Gasteiger partial charge in [-0.3, -0.25) is 0 Å². The third-order valence-corrected chi connectivity index (χ3v) is 2.98. The molecule has 0 unspecified atom stereocenters. The van der Waals surface area contributed by atoms with Crippen LogP contribution in [0.25, 0.3) is 11.3 Å². The lowest BCUT2D eigenvalue weighted by Gasteiger charge is -2.07. The Morgan fingerprint density at radius 3 is 2.40 bits per heavy atom. The summed E-state index contributed by atoms with van der Waals surface area (Å²) in [7, 11) is 0. The topological polar surface area (TPSA) is 37.9 Å². The highest BCUT2D eigenvalue weighted by Crippen LogP contribution is 2.20. The van der Waals surface area contributed by atoms with Gasteiger partial charge in [0.1, 0.15) is 18.2 Å².